The molecule has 3 nitrogen and oxygen atoms in total. The van der Waals surface area contributed by atoms with Crippen LogP contribution in [0.2, 0.25) is 0 Å². The molecule has 3 atom stereocenters. The number of hydrogen-bond acceptors (Lipinski definition) is 1. The summed E-state index contributed by atoms with van der Waals surface area (Å²) in [5, 5.41) is 0. The Hall–Kier alpha value is -1.03. The molecule has 2 fully saturated rings. The largest absolute Gasteiger partial charge is 0.328 e. The summed E-state index contributed by atoms with van der Waals surface area (Å²) in [5.74, 6) is 2.77. The van der Waals surface area contributed by atoms with Crippen LogP contribution in [0.25, 0.3) is 11.0 Å². The van der Waals surface area contributed by atoms with Crippen molar-refractivity contribution in [3.63, 3.8) is 0 Å². The van der Waals surface area contributed by atoms with Gasteiger partial charge in [-0.1, -0.05) is 22.0 Å². The van der Waals surface area contributed by atoms with Crippen molar-refractivity contribution >= 4 is 27.0 Å². The second kappa shape index (κ2) is 4.23. The lowest BCUT2D eigenvalue weighted by Crippen LogP contribution is -2.19. The maximum atomic E-state index is 12.0. The summed E-state index contributed by atoms with van der Waals surface area (Å²) < 4.78 is 3.46. The summed E-state index contributed by atoms with van der Waals surface area (Å²) in [6, 6.07) is 6.43. The molecule has 1 aromatic carbocycles. The molecule has 0 N–H and O–H groups in total. The van der Waals surface area contributed by atoms with Gasteiger partial charge in [0.05, 0.1) is 11.0 Å². The molecule has 0 saturated heterocycles. The van der Waals surface area contributed by atoms with Crippen molar-refractivity contribution in [1.29, 1.82) is 0 Å². The van der Waals surface area contributed by atoms with Crippen molar-refractivity contribution in [2.24, 2.45) is 31.8 Å². The van der Waals surface area contributed by atoms with Gasteiger partial charge in [0.15, 0.2) is 0 Å². The highest BCUT2D eigenvalue weighted by molar-refractivity contribution is 9.09. The molecule has 2 aliphatic carbocycles. The van der Waals surface area contributed by atoms with Gasteiger partial charge >= 0.3 is 5.69 Å². The van der Waals surface area contributed by atoms with Crippen molar-refractivity contribution in [3.05, 3.63) is 34.2 Å². The number of benzene rings is 1. The zero-order chi connectivity index (χ0) is 14.0. The van der Waals surface area contributed by atoms with Crippen LogP contribution in [0.4, 0.5) is 0 Å². The van der Waals surface area contributed by atoms with E-state index in [0.29, 0.717) is 4.83 Å². The second-order valence-electron chi connectivity index (χ2n) is 6.54. The van der Waals surface area contributed by atoms with Crippen molar-refractivity contribution in [3.8, 4) is 0 Å². The average Bonchev–Trinajstić information content (AvgIpc) is 3.02. The minimum absolute atomic E-state index is 0.0467. The maximum absolute atomic E-state index is 12.0. The number of aryl methyl sites for hydroxylation is 2. The van der Waals surface area contributed by atoms with Gasteiger partial charge in [-0.3, -0.25) is 9.13 Å². The lowest BCUT2D eigenvalue weighted by Gasteiger charge is -2.19. The van der Waals surface area contributed by atoms with Crippen LogP contribution in [0.3, 0.4) is 0 Å². The minimum atomic E-state index is 0.0467. The van der Waals surface area contributed by atoms with E-state index >= 15 is 0 Å². The first kappa shape index (κ1) is 12.7. The van der Waals surface area contributed by atoms with Gasteiger partial charge in [-0.15, -0.1) is 0 Å². The molecule has 4 rings (SSSR count). The first-order valence-electron chi connectivity index (χ1n) is 7.35. The van der Waals surface area contributed by atoms with Gasteiger partial charge in [0.25, 0.3) is 0 Å². The van der Waals surface area contributed by atoms with Crippen LogP contribution in [0.5, 0.6) is 0 Å². The predicted octanol–water partition coefficient (Wildman–Crippen LogP) is 3.36. The van der Waals surface area contributed by atoms with Crippen LogP contribution in [0, 0.1) is 17.8 Å². The quantitative estimate of drug-likeness (QED) is 0.773. The van der Waals surface area contributed by atoms with Gasteiger partial charge in [-0.25, -0.2) is 4.79 Å². The van der Waals surface area contributed by atoms with Crippen molar-refractivity contribution < 1.29 is 0 Å². The van der Waals surface area contributed by atoms with E-state index in [1.165, 1.54) is 24.8 Å². The van der Waals surface area contributed by atoms with Gasteiger partial charge in [0.2, 0.25) is 0 Å². The Morgan fingerprint density at radius 2 is 1.75 bits per heavy atom. The Labute approximate surface area is 126 Å². The van der Waals surface area contributed by atoms with Crippen molar-refractivity contribution in [1.82, 2.24) is 9.13 Å². The Bertz CT molecular complexity index is 735. The van der Waals surface area contributed by atoms with E-state index in [2.05, 4.69) is 34.1 Å². The average molecular weight is 335 g/mol. The van der Waals surface area contributed by atoms with Gasteiger partial charge in [-0.2, -0.15) is 0 Å². The zero-order valence-electron chi connectivity index (χ0n) is 11.8. The van der Waals surface area contributed by atoms with Crippen molar-refractivity contribution in [2.75, 3.05) is 0 Å². The molecular formula is C16H19BrN2O. The van der Waals surface area contributed by atoms with Crippen LogP contribution in [0.15, 0.2) is 23.0 Å². The van der Waals surface area contributed by atoms with Gasteiger partial charge in [-0.05, 0) is 54.7 Å². The number of imidazole rings is 1. The molecule has 2 aromatic rings. The van der Waals surface area contributed by atoms with Crippen LogP contribution < -0.4 is 5.69 Å². The molecule has 2 saturated carbocycles. The van der Waals surface area contributed by atoms with E-state index in [4.69, 9.17) is 0 Å². The van der Waals surface area contributed by atoms with Gasteiger partial charge < -0.3 is 0 Å². The molecule has 3 unspecified atom stereocenters. The fraction of sp³-hybridized carbons (Fsp3) is 0.562. The zero-order valence-corrected chi connectivity index (χ0v) is 13.4. The molecule has 20 heavy (non-hydrogen) atoms. The SMILES string of the molecule is Cn1c(=O)n(C)c2cc(C(Br)C3CC4CC4C3)ccc21. The molecule has 0 amide bonds. The number of hydrogen-bond donors (Lipinski definition) is 0. The maximum Gasteiger partial charge on any atom is 0.328 e. The monoisotopic (exact) mass is 334 g/mol. The number of fused-ring (bicyclic) bond motifs is 2. The van der Waals surface area contributed by atoms with E-state index in [1.54, 1.807) is 9.13 Å². The fourth-order valence-corrected chi connectivity index (χ4v) is 4.68. The second-order valence-corrected chi connectivity index (χ2v) is 7.52. The summed E-state index contributed by atoms with van der Waals surface area (Å²) >= 11 is 3.90. The smallest absolute Gasteiger partial charge is 0.295 e. The third-order valence-corrected chi connectivity index (χ3v) is 6.58. The van der Waals surface area contributed by atoms with E-state index in [1.807, 2.05) is 14.1 Å². The number of halogens is 1. The van der Waals surface area contributed by atoms with Gasteiger partial charge in [0, 0.05) is 18.9 Å². The lowest BCUT2D eigenvalue weighted by molar-refractivity contribution is 0.482. The van der Waals surface area contributed by atoms with Crippen LogP contribution in [0.1, 0.15) is 29.7 Å². The number of alkyl halides is 1. The van der Waals surface area contributed by atoms with Crippen LogP contribution >= 0.6 is 15.9 Å². The lowest BCUT2D eigenvalue weighted by atomic mass is 9.94. The normalized spacial score (nSPS) is 29.6. The van der Waals surface area contributed by atoms with Crippen molar-refractivity contribution in [2.45, 2.75) is 24.1 Å². The molecule has 0 bridgehead atoms. The molecule has 0 aliphatic heterocycles. The van der Waals surface area contributed by atoms with Crippen LogP contribution in [-0.4, -0.2) is 9.13 Å². The molecule has 2 aliphatic rings. The first-order valence-corrected chi connectivity index (χ1v) is 8.27. The molecule has 0 spiro atoms. The first-order chi connectivity index (χ1) is 9.56. The Morgan fingerprint density at radius 1 is 1.10 bits per heavy atom. The molecule has 0 radical (unpaired) electrons. The Kier molecular flexibility index (Phi) is 2.69. The molecule has 1 heterocycles. The van der Waals surface area contributed by atoms with E-state index in [-0.39, 0.29) is 5.69 Å². The third-order valence-electron chi connectivity index (χ3n) is 5.31. The van der Waals surface area contributed by atoms with Crippen LogP contribution in [-0.2, 0) is 14.1 Å². The highest BCUT2D eigenvalue weighted by atomic mass is 79.9. The molecular weight excluding hydrogens is 316 g/mol. The summed E-state index contributed by atoms with van der Waals surface area (Å²) in [7, 11) is 3.68. The number of rotatable bonds is 2. The van der Waals surface area contributed by atoms with E-state index in [9.17, 15) is 4.79 Å². The Morgan fingerprint density at radius 3 is 2.45 bits per heavy atom. The summed E-state index contributed by atoms with van der Waals surface area (Å²) in [6.45, 7) is 0. The van der Waals surface area contributed by atoms with Gasteiger partial charge in [0.1, 0.15) is 0 Å². The summed E-state index contributed by atoms with van der Waals surface area (Å²) in [5.41, 5.74) is 3.40. The Balaban J connectivity index is 1.73. The predicted molar refractivity (Wildman–Crippen MR) is 84.1 cm³/mol. The third kappa shape index (κ3) is 1.73. The number of aromatic nitrogens is 2. The minimum Gasteiger partial charge on any atom is -0.295 e. The highest BCUT2D eigenvalue weighted by Gasteiger charge is 2.47. The molecule has 106 valence electrons. The highest BCUT2D eigenvalue weighted by Crippen LogP contribution is 2.58. The van der Waals surface area contributed by atoms with E-state index < -0.39 is 0 Å². The molecule has 4 heteroatoms. The van der Waals surface area contributed by atoms with E-state index in [0.717, 1.165) is 28.8 Å². The molecule has 1 aromatic heterocycles. The fourth-order valence-electron chi connectivity index (χ4n) is 3.97. The summed E-state index contributed by atoms with van der Waals surface area (Å²) in [4.78, 5) is 12.4. The summed E-state index contributed by atoms with van der Waals surface area (Å²) in [6.07, 6.45) is 4.20. The topological polar surface area (TPSA) is 26.9 Å². The standard InChI is InChI=1S/C16H19BrN2O/c1-18-13-4-3-9(8-14(13)19(2)16(18)20)15(17)12-6-10-5-11(10)7-12/h3-4,8,10-12,15H,5-7H2,1-2H3. The number of nitrogens with zero attached hydrogens (tertiary/aromatic N) is 2.